The van der Waals surface area contributed by atoms with E-state index in [-0.39, 0.29) is 0 Å². The second-order valence-electron chi connectivity index (χ2n) is 2.86. The smallest absolute Gasteiger partial charge is 0.218 e. The summed E-state index contributed by atoms with van der Waals surface area (Å²) in [5.41, 5.74) is 7.10. The first kappa shape index (κ1) is 8.55. The van der Waals surface area contributed by atoms with Gasteiger partial charge in [0.1, 0.15) is 5.82 Å². The molecule has 2 heterocycles. The highest BCUT2D eigenvalue weighted by Crippen LogP contribution is 2.16. The number of hydrogen-bond donors (Lipinski definition) is 2. The molecule has 0 saturated heterocycles. The van der Waals surface area contributed by atoms with E-state index in [1.807, 2.05) is 6.92 Å². The van der Waals surface area contributed by atoms with Crippen molar-refractivity contribution in [2.75, 3.05) is 11.1 Å². The predicted molar refractivity (Wildman–Crippen MR) is 53.2 cm³/mol. The topological polar surface area (TPSA) is 77.0 Å². The lowest BCUT2D eigenvalue weighted by atomic mass is 10.3. The number of oxazole rings is 1. The van der Waals surface area contributed by atoms with E-state index in [4.69, 9.17) is 10.2 Å². The van der Waals surface area contributed by atoms with Crippen molar-refractivity contribution >= 4 is 17.4 Å². The van der Waals surface area contributed by atoms with Crippen molar-refractivity contribution in [1.82, 2.24) is 9.97 Å². The summed E-state index contributed by atoms with van der Waals surface area (Å²) in [5, 5.41) is 2.96. The van der Waals surface area contributed by atoms with Gasteiger partial charge >= 0.3 is 0 Å². The Labute approximate surface area is 81.0 Å². The van der Waals surface area contributed by atoms with Crippen LogP contribution in [-0.4, -0.2) is 9.97 Å². The molecule has 0 aliphatic rings. The Morgan fingerprint density at radius 3 is 2.93 bits per heavy atom. The molecule has 72 valence electrons. The van der Waals surface area contributed by atoms with Gasteiger partial charge in [0.25, 0.3) is 0 Å². The Morgan fingerprint density at radius 2 is 2.29 bits per heavy atom. The quantitative estimate of drug-likeness (QED) is 0.753. The fraction of sp³-hybridized carbons (Fsp3) is 0.111. The average molecular weight is 190 g/mol. The number of hydrogen-bond acceptors (Lipinski definition) is 5. The van der Waals surface area contributed by atoms with Crippen molar-refractivity contribution in [3.05, 3.63) is 30.4 Å². The first-order chi connectivity index (χ1) is 6.75. The van der Waals surface area contributed by atoms with Crippen molar-refractivity contribution in [3.63, 3.8) is 0 Å². The summed E-state index contributed by atoms with van der Waals surface area (Å²) in [7, 11) is 0. The first-order valence-corrected chi connectivity index (χ1v) is 4.14. The molecule has 5 heteroatoms. The van der Waals surface area contributed by atoms with Crippen LogP contribution in [0.25, 0.3) is 0 Å². The molecule has 2 aromatic rings. The number of rotatable bonds is 2. The molecule has 3 N–H and O–H groups in total. The van der Waals surface area contributed by atoms with Crippen LogP contribution in [0.5, 0.6) is 0 Å². The van der Waals surface area contributed by atoms with E-state index in [2.05, 4.69) is 15.3 Å². The molecule has 0 saturated carbocycles. The average Bonchev–Trinajstić information content (AvgIpc) is 2.64. The number of aryl methyl sites for hydroxylation is 1. The molecule has 0 aliphatic heterocycles. The van der Waals surface area contributed by atoms with E-state index in [0.29, 0.717) is 17.4 Å². The molecule has 0 amide bonds. The van der Waals surface area contributed by atoms with Crippen molar-refractivity contribution in [1.29, 1.82) is 0 Å². The summed E-state index contributed by atoms with van der Waals surface area (Å²) in [4.78, 5) is 8.00. The summed E-state index contributed by atoms with van der Waals surface area (Å²) >= 11 is 0. The van der Waals surface area contributed by atoms with Gasteiger partial charge < -0.3 is 15.5 Å². The minimum absolute atomic E-state index is 0.557. The molecule has 0 atom stereocenters. The molecule has 5 nitrogen and oxygen atoms in total. The Morgan fingerprint density at radius 1 is 1.43 bits per heavy atom. The van der Waals surface area contributed by atoms with Gasteiger partial charge in [-0.05, 0) is 19.1 Å². The Kier molecular flexibility index (Phi) is 2.06. The highest BCUT2D eigenvalue weighted by molar-refractivity contribution is 5.54. The number of nitrogens with one attached hydrogen (secondary N) is 1. The van der Waals surface area contributed by atoms with Crippen LogP contribution in [0.1, 0.15) is 5.69 Å². The van der Waals surface area contributed by atoms with Crippen LogP contribution in [0.3, 0.4) is 0 Å². The van der Waals surface area contributed by atoms with E-state index in [1.165, 1.54) is 6.39 Å². The minimum atomic E-state index is 0.557. The number of nitrogens with two attached hydrogens (primary N) is 1. The molecular formula is C9H10N4O. The molecule has 0 radical (unpaired) electrons. The third kappa shape index (κ3) is 1.66. The van der Waals surface area contributed by atoms with Crippen molar-refractivity contribution in [2.24, 2.45) is 0 Å². The highest BCUT2D eigenvalue weighted by atomic mass is 16.4. The Bertz CT molecular complexity index is 424. The molecule has 2 rings (SSSR count). The summed E-state index contributed by atoms with van der Waals surface area (Å²) in [6.07, 6.45) is 2.93. The minimum Gasteiger partial charge on any atom is -0.428 e. The lowest BCUT2D eigenvalue weighted by Crippen LogP contribution is -1.97. The lowest BCUT2D eigenvalue weighted by Gasteiger charge is -2.03. The second kappa shape index (κ2) is 3.37. The number of pyridine rings is 1. The molecule has 0 aromatic carbocycles. The van der Waals surface area contributed by atoms with Gasteiger partial charge in [0.05, 0.1) is 17.6 Å². The van der Waals surface area contributed by atoms with Gasteiger partial charge in [-0.2, -0.15) is 0 Å². The van der Waals surface area contributed by atoms with Gasteiger partial charge in [0.2, 0.25) is 5.88 Å². The summed E-state index contributed by atoms with van der Waals surface area (Å²) < 4.78 is 5.01. The van der Waals surface area contributed by atoms with E-state index in [0.717, 1.165) is 5.69 Å². The molecule has 0 bridgehead atoms. The molecule has 14 heavy (non-hydrogen) atoms. The SMILES string of the molecule is Cc1nc(Nc2cnco2)ccc1N. The highest BCUT2D eigenvalue weighted by Gasteiger charge is 2.00. The standard InChI is InChI=1S/C9H10N4O/c1-6-7(10)2-3-8(12-6)13-9-4-11-5-14-9/h2-5H,10H2,1H3,(H,12,13). The molecular weight excluding hydrogens is 180 g/mol. The van der Waals surface area contributed by atoms with Crippen LogP contribution in [0, 0.1) is 6.92 Å². The zero-order chi connectivity index (χ0) is 9.97. The van der Waals surface area contributed by atoms with E-state index in [1.54, 1.807) is 18.3 Å². The maximum absolute atomic E-state index is 5.64. The van der Waals surface area contributed by atoms with E-state index in [9.17, 15) is 0 Å². The first-order valence-electron chi connectivity index (χ1n) is 4.14. The lowest BCUT2D eigenvalue weighted by molar-refractivity contribution is 0.574. The fourth-order valence-electron chi connectivity index (χ4n) is 1.05. The monoisotopic (exact) mass is 190 g/mol. The zero-order valence-electron chi connectivity index (χ0n) is 7.69. The summed E-state index contributed by atoms with van der Waals surface area (Å²) in [6, 6.07) is 3.58. The van der Waals surface area contributed by atoms with Crippen molar-refractivity contribution in [3.8, 4) is 0 Å². The number of nitrogens with zero attached hydrogens (tertiary/aromatic N) is 2. The molecule has 0 fully saturated rings. The van der Waals surface area contributed by atoms with Crippen molar-refractivity contribution in [2.45, 2.75) is 6.92 Å². The summed E-state index contributed by atoms with van der Waals surface area (Å²) in [6.45, 7) is 1.85. The number of nitrogen functional groups attached to an aromatic ring is 1. The number of anilines is 3. The van der Waals surface area contributed by atoms with Crippen LogP contribution in [0.4, 0.5) is 17.4 Å². The van der Waals surface area contributed by atoms with Crippen LogP contribution in [-0.2, 0) is 0 Å². The van der Waals surface area contributed by atoms with Gasteiger partial charge in [-0.3, -0.25) is 0 Å². The maximum Gasteiger partial charge on any atom is 0.218 e. The van der Waals surface area contributed by atoms with Gasteiger partial charge in [-0.25, -0.2) is 9.97 Å². The normalized spacial score (nSPS) is 10.1. The van der Waals surface area contributed by atoms with Gasteiger partial charge in [0.15, 0.2) is 6.39 Å². The molecule has 0 spiro atoms. The van der Waals surface area contributed by atoms with Gasteiger partial charge in [0, 0.05) is 0 Å². The van der Waals surface area contributed by atoms with Crippen LogP contribution >= 0.6 is 0 Å². The van der Waals surface area contributed by atoms with Crippen molar-refractivity contribution < 1.29 is 4.42 Å². The second-order valence-corrected chi connectivity index (χ2v) is 2.86. The largest absolute Gasteiger partial charge is 0.428 e. The maximum atomic E-state index is 5.64. The predicted octanol–water partition coefficient (Wildman–Crippen LogP) is 1.70. The van der Waals surface area contributed by atoms with Gasteiger partial charge in [-0.15, -0.1) is 0 Å². The fourth-order valence-corrected chi connectivity index (χ4v) is 1.05. The van der Waals surface area contributed by atoms with Crippen LogP contribution < -0.4 is 11.1 Å². The third-order valence-electron chi connectivity index (χ3n) is 1.81. The molecule has 0 aliphatic carbocycles. The third-order valence-corrected chi connectivity index (χ3v) is 1.81. The molecule has 2 aromatic heterocycles. The zero-order valence-corrected chi connectivity index (χ0v) is 7.69. The Balaban J connectivity index is 2.22. The molecule has 0 unspecified atom stereocenters. The van der Waals surface area contributed by atoms with Crippen LogP contribution in [0.15, 0.2) is 29.1 Å². The van der Waals surface area contributed by atoms with Crippen LogP contribution in [0.2, 0.25) is 0 Å². The number of aromatic nitrogens is 2. The van der Waals surface area contributed by atoms with Gasteiger partial charge in [-0.1, -0.05) is 0 Å². The van der Waals surface area contributed by atoms with E-state index < -0.39 is 0 Å². The Hall–Kier alpha value is -2.04. The summed E-state index contributed by atoms with van der Waals surface area (Å²) in [5.74, 6) is 1.25. The van der Waals surface area contributed by atoms with E-state index >= 15 is 0 Å².